The van der Waals surface area contributed by atoms with Crippen LogP contribution in [0, 0.1) is 12.7 Å². The van der Waals surface area contributed by atoms with Gasteiger partial charge in [-0.25, -0.2) is 9.37 Å². The molecule has 0 aliphatic rings. The molecule has 24 heavy (non-hydrogen) atoms. The Morgan fingerprint density at radius 3 is 2.88 bits per heavy atom. The number of amides is 1. The van der Waals surface area contributed by atoms with Crippen molar-refractivity contribution in [2.75, 3.05) is 5.32 Å². The molecule has 1 amide bonds. The molecule has 0 radical (unpaired) electrons. The minimum Gasteiger partial charge on any atom is -0.505 e. The van der Waals surface area contributed by atoms with Gasteiger partial charge in [-0.15, -0.1) is 0 Å². The number of anilines is 1. The van der Waals surface area contributed by atoms with Crippen LogP contribution < -0.4 is 5.32 Å². The zero-order valence-corrected chi connectivity index (χ0v) is 13.1. The van der Waals surface area contributed by atoms with Gasteiger partial charge in [0.15, 0.2) is 23.0 Å². The van der Waals surface area contributed by atoms with E-state index in [-0.39, 0.29) is 16.6 Å². The molecule has 8 heteroatoms. The molecule has 2 heterocycles. The number of phenolic OH excluding ortho intramolecular Hbond substituents is 1. The predicted molar refractivity (Wildman–Crippen MR) is 85.5 cm³/mol. The summed E-state index contributed by atoms with van der Waals surface area (Å²) in [6, 6.07) is 6.59. The number of nitrogens with one attached hydrogen (secondary N) is 1. The maximum Gasteiger partial charge on any atom is 0.277 e. The van der Waals surface area contributed by atoms with Crippen LogP contribution in [0.25, 0.3) is 11.3 Å². The van der Waals surface area contributed by atoms with Gasteiger partial charge in [-0.2, -0.15) is 0 Å². The highest BCUT2D eigenvalue weighted by molar-refractivity contribution is 6.29. The number of pyridine rings is 1. The van der Waals surface area contributed by atoms with Gasteiger partial charge in [-0.1, -0.05) is 16.8 Å². The second-order valence-electron chi connectivity index (χ2n) is 5.02. The second-order valence-corrected chi connectivity index (χ2v) is 5.41. The molecule has 2 N–H and O–H groups in total. The zero-order valence-electron chi connectivity index (χ0n) is 12.4. The van der Waals surface area contributed by atoms with E-state index in [0.717, 1.165) is 11.6 Å². The van der Waals surface area contributed by atoms with Crippen molar-refractivity contribution in [3.05, 3.63) is 58.8 Å². The summed E-state index contributed by atoms with van der Waals surface area (Å²) in [7, 11) is 0. The standard InChI is InChI=1S/C16H11ClFN3O3/c1-8-7-19-15(17)6-11(8)20-16(23)12-5-14(24-21-12)9-2-3-10(18)13(22)4-9/h2-7,22H,1H3,(H,19,20,23). The van der Waals surface area contributed by atoms with Crippen LogP contribution >= 0.6 is 11.6 Å². The van der Waals surface area contributed by atoms with Crippen LogP contribution in [-0.2, 0) is 0 Å². The van der Waals surface area contributed by atoms with E-state index in [1.165, 1.54) is 30.5 Å². The molecule has 3 rings (SSSR count). The van der Waals surface area contributed by atoms with Crippen molar-refractivity contribution >= 4 is 23.2 Å². The van der Waals surface area contributed by atoms with Crippen LogP contribution in [0.2, 0.25) is 5.15 Å². The number of rotatable bonds is 3. The molecule has 0 spiro atoms. The fourth-order valence-electron chi connectivity index (χ4n) is 2.00. The third-order valence-electron chi connectivity index (χ3n) is 3.29. The fourth-order valence-corrected chi connectivity index (χ4v) is 2.16. The van der Waals surface area contributed by atoms with E-state index in [9.17, 15) is 14.3 Å². The molecule has 0 saturated heterocycles. The first-order valence-corrected chi connectivity index (χ1v) is 7.21. The summed E-state index contributed by atoms with van der Waals surface area (Å²) in [6.45, 7) is 1.77. The Morgan fingerprint density at radius 2 is 2.12 bits per heavy atom. The van der Waals surface area contributed by atoms with E-state index in [0.29, 0.717) is 11.3 Å². The molecular formula is C16H11ClFN3O3. The van der Waals surface area contributed by atoms with Gasteiger partial charge < -0.3 is 14.9 Å². The zero-order chi connectivity index (χ0) is 17.3. The highest BCUT2D eigenvalue weighted by Crippen LogP contribution is 2.26. The van der Waals surface area contributed by atoms with Crippen molar-refractivity contribution in [3.63, 3.8) is 0 Å². The van der Waals surface area contributed by atoms with Gasteiger partial charge in [-0.05, 0) is 36.8 Å². The number of benzene rings is 1. The van der Waals surface area contributed by atoms with Gasteiger partial charge >= 0.3 is 0 Å². The molecule has 6 nitrogen and oxygen atoms in total. The molecule has 0 saturated carbocycles. The first-order chi connectivity index (χ1) is 11.4. The first kappa shape index (κ1) is 15.9. The normalized spacial score (nSPS) is 10.6. The number of hydrogen-bond donors (Lipinski definition) is 2. The second kappa shape index (κ2) is 6.29. The van der Waals surface area contributed by atoms with Crippen molar-refractivity contribution in [1.82, 2.24) is 10.1 Å². The van der Waals surface area contributed by atoms with Crippen molar-refractivity contribution in [1.29, 1.82) is 0 Å². The van der Waals surface area contributed by atoms with Gasteiger partial charge in [0.25, 0.3) is 5.91 Å². The topological polar surface area (TPSA) is 88.2 Å². The van der Waals surface area contributed by atoms with Gasteiger partial charge in [0.2, 0.25) is 0 Å². The lowest BCUT2D eigenvalue weighted by Crippen LogP contribution is -2.13. The SMILES string of the molecule is Cc1cnc(Cl)cc1NC(=O)c1cc(-c2ccc(F)c(O)c2)on1. The lowest BCUT2D eigenvalue weighted by atomic mass is 10.1. The van der Waals surface area contributed by atoms with Gasteiger partial charge in [-0.3, -0.25) is 4.79 Å². The average molecular weight is 348 g/mol. The molecule has 2 aromatic heterocycles. The van der Waals surface area contributed by atoms with Crippen molar-refractivity contribution in [3.8, 4) is 17.1 Å². The number of halogens is 2. The van der Waals surface area contributed by atoms with Crippen LogP contribution in [0.5, 0.6) is 5.75 Å². The molecule has 0 aliphatic heterocycles. The molecule has 0 aliphatic carbocycles. The number of phenols is 1. The minimum absolute atomic E-state index is 0.0288. The Morgan fingerprint density at radius 1 is 1.33 bits per heavy atom. The van der Waals surface area contributed by atoms with Crippen LogP contribution in [-0.4, -0.2) is 21.2 Å². The predicted octanol–water partition coefficient (Wildman–Crippen LogP) is 3.80. The van der Waals surface area contributed by atoms with E-state index in [4.69, 9.17) is 16.1 Å². The Hall–Kier alpha value is -2.93. The van der Waals surface area contributed by atoms with E-state index in [1.807, 2.05) is 0 Å². The smallest absolute Gasteiger partial charge is 0.277 e. The summed E-state index contributed by atoms with van der Waals surface area (Å²) < 4.78 is 18.2. The first-order valence-electron chi connectivity index (χ1n) is 6.83. The Kier molecular flexibility index (Phi) is 4.18. The van der Waals surface area contributed by atoms with E-state index < -0.39 is 17.5 Å². The third-order valence-corrected chi connectivity index (χ3v) is 3.50. The average Bonchev–Trinajstić information content (AvgIpc) is 3.03. The number of aromatic hydroxyl groups is 1. The Balaban J connectivity index is 1.83. The molecule has 0 fully saturated rings. The van der Waals surface area contributed by atoms with Crippen LogP contribution in [0.15, 0.2) is 41.1 Å². The largest absolute Gasteiger partial charge is 0.505 e. The maximum atomic E-state index is 13.1. The van der Waals surface area contributed by atoms with Crippen LogP contribution in [0.1, 0.15) is 16.1 Å². The molecule has 3 aromatic rings. The van der Waals surface area contributed by atoms with Crippen LogP contribution in [0.3, 0.4) is 0 Å². The van der Waals surface area contributed by atoms with Crippen molar-refractivity contribution in [2.45, 2.75) is 6.92 Å². The van der Waals surface area contributed by atoms with E-state index >= 15 is 0 Å². The van der Waals surface area contributed by atoms with Gasteiger partial charge in [0, 0.05) is 23.5 Å². The molecule has 0 atom stereocenters. The number of hydrogen-bond acceptors (Lipinski definition) is 5. The molecule has 0 bridgehead atoms. The summed E-state index contributed by atoms with van der Waals surface area (Å²) in [5.41, 5.74) is 1.66. The van der Waals surface area contributed by atoms with Gasteiger partial charge in [0.05, 0.1) is 0 Å². The monoisotopic (exact) mass is 347 g/mol. The Bertz CT molecular complexity index is 927. The third kappa shape index (κ3) is 3.21. The van der Waals surface area contributed by atoms with Gasteiger partial charge in [0.1, 0.15) is 5.15 Å². The summed E-state index contributed by atoms with van der Waals surface area (Å²) in [5, 5.41) is 16.0. The highest BCUT2D eigenvalue weighted by Gasteiger charge is 2.16. The number of carbonyl (C=O) groups is 1. The lowest BCUT2D eigenvalue weighted by molar-refractivity contribution is 0.101. The number of nitrogens with zero attached hydrogens (tertiary/aromatic N) is 2. The molecule has 1 aromatic carbocycles. The number of aromatic nitrogens is 2. The van der Waals surface area contributed by atoms with Crippen molar-refractivity contribution < 1.29 is 18.8 Å². The summed E-state index contributed by atoms with van der Waals surface area (Å²) >= 11 is 5.81. The Labute approximate surface area is 140 Å². The summed E-state index contributed by atoms with van der Waals surface area (Å²) in [5.74, 6) is -1.54. The van der Waals surface area contributed by atoms with E-state index in [2.05, 4.69) is 15.5 Å². The van der Waals surface area contributed by atoms with Crippen LogP contribution in [0.4, 0.5) is 10.1 Å². The number of carbonyl (C=O) groups excluding carboxylic acids is 1. The summed E-state index contributed by atoms with van der Waals surface area (Å²) in [6.07, 6.45) is 1.54. The van der Waals surface area contributed by atoms with E-state index in [1.54, 1.807) is 6.92 Å². The fraction of sp³-hybridized carbons (Fsp3) is 0.0625. The number of aryl methyl sites for hydroxylation is 1. The summed E-state index contributed by atoms with van der Waals surface area (Å²) in [4.78, 5) is 16.1. The quantitative estimate of drug-likeness (QED) is 0.704. The minimum atomic E-state index is -0.749. The molecular weight excluding hydrogens is 337 g/mol. The van der Waals surface area contributed by atoms with Crippen molar-refractivity contribution in [2.24, 2.45) is 0 Å². The maximum absolute atomic E-state index is 13.1. The molecule has 0 unspecified atom stereocenters. The highest BCUT2D eigenvalue weighted by atomic mass is 35.5. The molecule has 122 valence electrons. The lowest BCUT2D eigenvalue weighted by Gasteiger charge is -2.06.